The molecule has 1 atom stereocenters. The molecule has 2 aromatic heterocycles. The van der Waals surface area contributed by atoms with Crippen LogP contribution in [0.25, 0.3) is 10.8 Å². The van der Waals surface area contributed by atoms with Gasteiger partial charge < -0.3 is 19.9 Å². The second kappa shape index (κ2) is 8.39. The molecular formula is C25H21F2N5O3. The number of aromatic hydroxyl groups is 1. The van der Waals surface area contributed by atoms with Crippen LogP contribution in [0.4, 0.5) is 19.3 Å². The van der Waals surface area contributed by atoms with Gasteiger partial charge in [0.05, 0.1) is 12.2 Å². The number of hydrogen-bond acceptors (Lipinski definition) is 5. The summed E-state index contributed by atoms with van der Waals surface area (Å²) in [7, 11) is 1.75. The van der Waals surface area contributed by atoms with E-state index in [4.69, 9.17) is 0 Å². The van der Waals surface area contributed by atoms with E-state index in [1.54, 1.807) is 42.7 Å². The second-order valence-corrected chi connectivity index (χ2v) is 8.51. The molecular weight excluding hydrogens is 456 g/mol. The number of aromatic nitrogens is 2. The molecule has 1 fully saturated rings. The summed E-state index contributed by atoms with van der Waals surface area (Å²) in [5, 5.41) is 16.5. The van der Waals surface area contributed by atoms with Crippen LogP contribution in [0.5, 0.6) is 5.88 Å². The van der Waals surface area contributed by atoms with Gasteiger partial charge in [-0.3, -0.25) is 15.1 Å². The van der Waals surface area contributed by atoms with Gasteiger partial charge in [-0.15, -0.1) is 0 Å². The Labute approximate surface area is 198 Å². The molecule has 0 saturated carbocycles. The zero-order valence-electron chi connectivity index (χ0n) is 18.6. The van der Waals surface area contributed by atoms with Crippen molar-refractivity contribution in [3.05, 3.63) is 89.9 Å². The largest absolute Gasteiger partial charge is 0.494 e. The van der Waals surface area contributed by atoms with Gasteiger partial charge in [0.15, 0.2) is 11.4 Å². The maximum atomic E-state index is 15.0. The molecule has 10 heteroatoms. The number of imide groups is 1. The van der Waals surface area contributed by atoms with Crippen molar-refractivity contribution in [3.8, 4) is 5.88 Å². The highest BCUT2D eigenvalue weighted by atomic mass is 19.1. The molecule has 35 heavy (non-hydrogen) atoms. The predicted molar refractivity (Wildman–Crippen MR) is 125 cm³/mol. The first-order valence-electron chi connectivity index (χ1n) is 10.8. The first-order valence-corrected chi connectivity index (χ1v) is 10.8. The number of rotatable bonds is 6. The van der Waals surface area contributed by atoms with Crippen molar-refractivity contribution >= 4 is 28.4 Å². The van der Waals surface area contributed by atoms with Crippen molar-refractivity contribution in [2.75, 3.05) is 11.9 Å². The standard InChI is InChI=1S/C25H21F2N5O3/c1-31(12-15-3-2-8-28-11-15)21-9-16-13-32(22(33)19(16)10-20(21)27)14-25(23(34)29-24(35)30-25)17-4-6-18(26)7-5-17/h2-11,13,33H,12,14H2,1H3,(H2,29,30,34,35). The van der Waals surface area contributed by atoms with Crippen LogP contribution in [0.2, 0.25) is 0 Å². The Morgan fingerprint density at radius 3 is 2.57 bits per heavy atom. The third kappa shape index (κ3) is 3.92. The van der Waals surface area contributed by atoms with E-state index in [2.05, 4.69) is 15.6 Å². The highest BCUT2D eigenvalue weighted by molar-refractivity contribution is 6.07. The van der Waals surface area contributed by atoms with Crippen molar-refractivity contribution in [3.63, 3.8) is 0 Å². The van der Waals surface area contributed by atoms with E-state index in [0.29, 0.717) is 23.2 Å². The molecule has 8 nitrogen and oxygen atoms in total. The van der Waals surface area contributed by atoms with Crippen molar-refractivity contribution in [1.29, 1.82) is 0 Å². The third-order valence-corrected chi connectivity index (χ3v) is 6.17. The molecule has 3 heterocycles. The Bertz CT molecular complexity index is 1440. The first kappa shape index (κ1) is 22.3. The van der Waals surface area contributed by atoms with E-state index in [9.17, 15) is 19.1 Å². The lowest BCUT2D eigenvalue weighted by Gasteiger charge is -2.27. The number of urea groups is 1. The fourth-order valence-corrected chi connectivity index (χ4v) is 4.41. The molecule has 0 bridgehead atoms. The minimum atomic E-state index is -1.59. The monoisotopic (exact) mass is 477 g/mol. The molecule has 4 aromatic rings. The fourth-order valence-electron chi connectivity index (χ4n) is 4.41. The van der Waals surface area contributed by atoms with Gasteiger partial charge in [-0.05, 0) is 41.5 Å². The van der Waals surface area contributed by atoms with Gasteiger partial charge in [0.2, 0.25) is 0 Å². The molecule has 1 aliphatic rings. The summed E-state index contributed by atoms with van der Waals surface area (Å²) in [6, 6.07) is 11.0. The summed E-state index contributed by atoms with van der Waals surface area (Å²) in [6.07, 6.45) is 4.94. The highest BCUT2D eigenvalue weighted by Crippen LogP contribution is 2.36. The second-order valence-electron chi connectivity index (χ2n) is 8.51. The lowest BCUT2D eigenvalue weighted by atomic mass is 9.89. The molecule has 0 spiro atoms. The SMILES string of the molecule is CN(Cc1cccnc1)c1cc2cn(CC3(c4ccc(F)cc4)NC(=O)NC3=O)c(O)c2cc1F. The molecule has 3 N–H and O–H groups in total. The summed E-state index contributed by atoms with van der Waals surface area (Å²) in [4.78, 5) is 30.7. The van der Waals surface area contributed by atoms with Gasteiger partial charge in [-0.2, -0.15) is 0 Å². The summed E-state index contributed by atoms with van der Waals surface area (Å²) in [5.74, 6) is -1.94. The number of pyridine rings is 1. The maximum absolute atomic E-state index is 15.0. The third-order valence-electron chi connectivity index (χ3n) is 6.17. The van der Waals surface area contributed by atoms with Gasteiger partial charge in [0.1, 0.15) is 11.6 Å². The van der Waals surface area contributed by atoms with Gasteiger partial charge in [0.25, 0.3) is 5.91 Å². The lowest BCUT2D eigenvalue weighted by Crippen LogP contribution is -2.47. The Morgan fingerprint density at radius 1 is 1.14 bits per heavy atom. The Hall–Kier alpha value is -4.47. The van der Waals surface area contributed by atoms with E-state index in [-0.39, 0.29) is 17.8 Å². The van der Waals surface area contributed by atoms with Crippen molar-refractivity contribution in [2.45, 2.75) is 18.6 Å². The number of halogens is 2. The Balaban J connectivity index is 1.53. The first-order chi connectivity index (χ1) is 16.8. The van der Waals surface area contributed by atoms with Gasteiger partial charge in [-0.1, -0.05) is 18.2 Å². The molecule has 2 aromatic carbocycles. The zero-order chi connectivity index (χ0) is 24.7. The number of anilines is 1. The fraction of sp³-hybridized carbons (Fsp3) is 0.160. The van der Waals surface area contributed by atoms with Crippen molar-refractivity contribution in [1.82, 2.24) is 20.2 Å². The van der Waals surface area contributed by atoms with Crippen LogP contribution >= 0.6 is 0 Å². The van der Waals surface area contributed by atoms with Gasteiger partial charge in [0, 0.05) is 43.0 Å². The van der Waals surface area contributed by atoms with Crippen molar-refractivity contribution < 1.29 is 23.5 Å². The number of hydrogen-bond donors (Lipinski definition) is 3. The normalized spacial score (nSPS) is 17.5. The minimum absolute atomic E-state index is 0.195. The molecule has 0 radical (unpaired) electrons. The zero-order valence-corrected chi connectivity index (χ0v) is 18.6. The van der Waals surface area contributed by atoms with E-state index in [1.165, 1.54) is 34.9 Å². The molecule has 178 valence electrons. The summed E-state index contributed by atoms with van der Waals surface area (Å²) < 4.78 is 29.9. The number of nitrogens with one attached hydrogen (secondary N) is 2. The molecule has 1 unspecified atom stereocenters. The van der Waals surface area contributed by atoms with Crippen LogP contribution in [-0.4, -0.2) is 33.6 Å². The minimum Gasteiger partial charge on any atom is -0.494 e. The lowest BCUT2D eigenvalue weighted by molar-refractivity contribution is -0.124. The predicted octanol–water partition coefficient (Wildman–Crippen LogP) is 3.39. The van der Waals surface area contributed by atoms with Crippen LogP contribution in [-0.2, 0) is 23.4 Å². The van der Waals surface area contributed by atoms with Gasteiger partial charge >= 0.3 is 6.03 Å². The quantitative estimate of drug-likeness (QED) is 0.370. The summed E-state index contributed by atoms with van der Waals surface area (Å²) >= 11 is 0. The summed E-state index contributed by atoms with van der Waals surface area (Å²) in [6.45, 7) is 0.224. The number of carbonyl (C=O) groups is 2. The average molecular weight is 477 g/mol. The van der Waals surface area contributed by atoms with Crippen LogP contribution in [0.3, 0.4) is 0 Å². The number of nitrogens with zero attached hydrogens (tertiary/aromatic N) is 3. The average Bonchev–Trinajstić information content (AvgIpc) is 3.29. The number of amides is 3. The Kier molecular flexibility index (Phi) is 5.35. The maximum Gasteiger partial charge on any atom is 0.322 e. The molecule has 1 aliphatic heterocycles. The number of fused-ring (bicyclic) bond motifs is 1. The van der Waals surface area contributed by atoms with E-state index in [1.807, 2.05) is 6.07 Å². The van der Waals surface area contributed by atoms with E-state index < -0.39 is 29.1 Å². The van der Waals surface area contributed by atoms with Crippen LogP contribution in [0.1, 0.15) is 11.1 Å². The van der Waals surface area contributed by atoms with E-state index in [0.717, 1.165) is 5.56 Å². The van der Waals surface area contributed by atoms with Crippen LogP contribution in [0.15, 0.2) is 67.1 Å². The highest BCUT2D eigenvalue weighted by Gasteiger charge is 2.48. The summed E-state index contributed by atoms with van der Waals surface area (Å²) in [5.41, 5.74) is -0.0317. The molecule has 3 amide bonds. The van der Waals surface area contributed by atoms with Crippen LogP contribution < -0.4 is 15.5 Å². The van der Waals surface area contributed by atoms with Crippen LogP contribution in [0, 0.1) is 11.6 Å². The molecule has 0 aliphatic carbocycles. The smallest absolute Gasteiger partial charge is 0.322 e. The number of carbonyl (C=O) groups excluding carboxylic acids is 2. The molecule has 1 saturated heterocycles. The Morgan fingerprint density at radius 2 is 1.91 bits per heavy atom. The topological polar surface area (TPSA) is 99.5 Å². The number of benzene rings is 2. The van der Waals surface area contributed by atoms with Crippen molar-refractivity contribution in [2.24, 2.45) is 0 Å². The van der Waals surface area contributed by atoms with E-state index >= 15 is 4.39 Å². The van der Waals surface area contributed by atoms with Gasteiger partial charge in [-0.25, -0.2) is 13.6 Å². The molecule has 5 rings (SSSR count).